The van der Waals surface area contributed by atoms with Gasteiger partial charge in [0.2, 0.25) is 0 Å². The van der Waals surface area contributed by atoms with E-state index in [-0.39, 0.29) is 5.91 Å². The zero-order chi connectivity index (χ0) is 15.8. The Balaban J connectivity index is 1.90. The predicted molar refractivity (Wildman–Crippen MR) is 86.6 cm³/mol. The summed E-state index contributed by atoms with van der Waals surface area (Å²) in [5.74, 6) is -0.0562. The maximum atomic E-state index is 11.7. The minimum Gasteiger partial charge on any atom is -0.493 e. The fourth-order valence-electron chi connectivity index (χ4n) is 1.70. The molecule has 2 rings (SSSR count). The molecule has 6 heteroatoms. The Bertz CT molecular complexity index is 666. The molecule has 0 fully saturated rings. The Kier molecular flexibility index (Phi) is 5.73. The molecule has 5 nitrogen and oxygen atoms in total. The van der Waals surface area contributed by atoms with Gasteiger partial charge in [-0.2, -0.15) is 0 Å². The van der Waals surface area contributed by atoms with Crippen molar-refractivity contribution < 1.29 is 14.3 Å². The number of hydrazine groups is 1. The molecule has 0 spiro atoms. The second-order valence-corrected chi connectivity index (χ2v) is 5.17. The highest BCUT2D eigenvalue weighted by Crippen LogP contribution is 2.19. The van der Waals surface area contributed by atoms with Crippen LogP contribution in [0.25, 0.3) is 6.08 Å². The molecule has 0 radical (unpaired) electrons. The van der Waals surface area contributed by atoms with Crippen LogP contribution in [-0.4, -0.2) is 18.4 Å². The second-order valence-electron chi connectivity index (χ2n) is 4.22. The van der Waals surface area contributed by atoms with E-state index in [0.29, 0.717) is 17.2 Å². The maximum Gasteiger partial charge on any atom is 0.279 e. The van der Waals surface area contributed by atoms with Crippen LogP contribution in [-0.2, 0) is 4.79 Å². The van der Waals surface area contributed by atoms with Gasteiger partial charge in [0.25, 0.3) is 11.8 Å². The van der Waals surface area contributed by atoms with Gasteiger partial charge in [-0.1, -0.05) is 24.3 Å². The Morgan fingerprint density at radius 1 is 1.18 bits per heavy atom. The third kappa shape index (κ3) is 4.46. The van der Waals surface area contributed by atoms with Crippen molar-refractivity contribution in [3.05, 3.63) is 58.3 Å². The molecule has 0 bridgehead atoms. The summed E-state index contributed by atoms with van der Waals surface area (Å²) in [6.07, 6.45) is 2.98. The summed E-state index contributed by atoms with van der Waals surface area (Å²) in [7, 11) is 0. The SMILES string of the molecule is CCOc1ccccc1/C=C/C(=O)NNC(=O)c1cccs1. The molecule has 114 valence electrons. The number of carbonyl (C=O) groups is 2. The number of benzene rings is 1. The van der Waals surface area contributed by atoms with Gasteiger partial charge in [-0.3, -0.25) is 20.4 Å². The zero-order valence-electron chi connectivity index (χ0n) is 12.0. The Hall–Kier alpha value is -2.60. The van der Waals surface area contributed by atoms with E-state index in [4.69, 9.17) is 4.74 Å². The smallest absolute Gasteiger partial charge is 0.279 e. The molecule has 2 N–H and O–H groups in total. The van der Waals surface area contributed by atoms with Gasteiger partial charge in [-0.05, 0) is 30.5 Å². The summed E-state index contributed by atoms with van der Waals surface area (Å²) in [5, 5.41) is 1.79. The molecule has 0 aliphatic rings. The van der Waals surface area contributed by atoms with E-state index < -0.39 is 5.91 Å². The summed E-state index contributed by atoms with van der Waals surface area (Å²) in [6, 6.07) is 10.9. The first-order chi connectivity index (χ1) is 10.7. The summed E-state index contributed by atoms with van der Waals surface area (Å²) in [4.78, 5) is 23.9. The van der Waals surface area contributed by atoms with Gasteiger partial charge in [0, 0.05) is 11.6 Å². The maximum absolute atomic E-state index is 11.7. The predicted octanol–water partition coefficient (Wildman–Crippen LogP) is 2.62. The van der Waals surface area contributed by atoms with E-state index in [1.54, 1.807) is 23.6 Å². The molecule has 2 aromatic rings. The summed E-state index contributed by atoms with van der Waals surface area (Å²) < 4.78 is 5.47. The Morgan fingerprint density at radius 2 is 2.00 bits per heavy atom. The van der Waals surface area contributed by atoms with Crippen LogP contribution >= 0.6 is 11.3 Å². The van der Waals surface area contributed by atoms with Gasteiger partial charge in [0.15, 0.2) is 0 Å². The van der Waals surface area contributed by atoms with Crippen LogP contribution < -0.4 is 15.6 Å². The van der Waals surface area contributed by atoms with E-state index in [0.717, 1.165) is 5.56 Å². The van der Waals surface area contributed by atoms with Crippen molar-refractivity contribution in [3.63, 3.8) is 0 Å². The van der Waals surface area contributed by atoms with Crippen molar-refractivity contribution in [3.8, 4) is 5.75 Å². The van der Waals surface area contributed by atoms with Gasteiger partial charge < -0.3 is 4.74 Å². The first kappa shape index (κ1) is 15.8. The molecule has 0 aliphatic carbocycles. The quantitative estimate of drug-likeness (QED) is 0.658. The molecular weight excluding hydrogens is 300 g/mol. The van der Waals surface area contributed by atoms with Crippen LogP contribution in [0.5, 0.6) is 5.75 Å². The van der Waals surface area contributed by atoms with Crippen LogP contribution in [0.4, 0.5) is 0 Å². The fraction of sp³-hybridized carbons (Fsp3) is 0.125. The number of rotatable bonds is 5. The molecule has 1 aromatic heterocycles. The monoisotopic (exact) mass is 316 g/mol. The summed E-state index contributed by atoms with van der Waals surface area (Å²) in [6.45, 7) is 2.45. The van der Waals surface area contributed by atoms with E-state index in [2.05, 4.69) is 10.9 Å². The van der Waals surface area contributed by atoms with E-state index >= 15 is 0 Å². The third-order valence-electron chi connectivity index (χ3n) is 2.68. The number of hydrogen-bond donors (Lipinski definition) is 2. The minimum atomic E-state index is -0.420. The van der Waals surface area contributed by atoms with Crippen LogP contribution in [0, 0.1) is 0 Å². The van der Waals surface area contributed by atoms with Gasteiger partial charge in [0.05, 0.1) is 11.5 Å². The molecule has 0 saturated carbocycles. The number of para-hydroxylation sites is 1. The number of ether oxygens (including phenoxy) is 1. The third-order valence-corrected chi connectivity index (χ3v) is 3.55. The van der Waals surface area contributed by atoms with Gasteiger partial charge >= 0.3 is 0 Å². The van der Waals surface area contributed by atoms with Crippen molar-refractivity contribution in [2.45, 2.75) is 6.92 Å². The minimum absolute atomic E-state index is 0.341. The molecule has 0 atom stereocenters. The molecule has 0 saturated heterocycles. The number of amides is 2. The molecule has 2 amide bonds. The Morgan fingerprint density at radius 3 is 2.73 bits per heavy atom. The lowest BCUT2D eigenvalue weighted by atomic mass is 10.2. The highest BCUT2D eigenvalue weighted by Gasteiger charge is 2.06. The normalized spacial score (nSPS) is 10.4. The van der Waals surface area contributed by atoms with Crippen molar-refractivity contribution in [1.29, 1.82) is 0 Å². The van der Waals surface area contributed by atoms with Gasteiger partial charge in [-0.25, -0.2) is 0 Å². The Labute approximate surface area is 132 Å². The van der Waals surface area contributed by atoms with E-state index in [1.165, 1.54) is 17.4 Å². The number of carbonyl (C=O) groups excluding carboxylic acids is 2. The number of nitrogens with one attached hydrogen (secondary N) is 2. The van der Waals surface area contributed by atoms with E-state index in [9.17, 15) is 9.59 Å². The average Bonchev–Trinajstić information content (AvgIpc) is 3.06. The average molecular weight is 316 g/mol. The largest absolute Gasteiger partial charge is 0.493 e. The van der Waals surface area contributed by atoms with Crippen molar-refractivity contribution in [1.82, 2.24) is 10.9 Å². The van der Waals surface area contributed by atoms with Crippen molar-refractivity contribution in [2.75, 3.05) is 6.61 Å². The lowest BCUT2D eigenvalue weighted by Crippen LogP contribution is -2.40. The van der Waals surface area contributed by atoms with Crippen LogP contribution in [0.3, 0.4) is 0 Å². The first-order valence-electron chi connectivity index (χ1n) is 6.74. The molecule has 22 heavy (non-hydrogen) atoms. The van der Waals surface area contributed by atoms with E-state index in [1.807, 2.05) is 31.2 Å². The molecule has 1 aromatic carbocycles. The van der Waals surface area contributed by atoms with Crippen LogP contribution in [0.2, 0.25) is 0 Å². The topological polar surface area (TPSA) is 67.4 Å². The van der Waals surface area contributed by atoms with Gasteiger partial charge in [0.1, 0.15) is 5.75 Å². The molecule has 0 aliphatic heterocycles. The van der Waals surface area contributed by atoms with Gasteiger partial charge in [-0.15, -0.1) is 11.3 Å². The van der Waals surface area contributed by atoms with Crippen molar-refractivity contribution in [2.24, 2.45) is 0 Å². The van der Waals surface area contributed by atoms with Crippen LogP contribution in [0.1, 0.15) is 22.2 Å². The number of thiophene rings is 1. The lowest BCUT2D eigenvalue weighted by Gasteiger charge is -2.06. The zero-order valence-corrected chi connectivity index (χ0v) is 12.9. The van der Waals surface area contributed by atoms with Crippen LogP contribution in [0.15, 0.2) is 47.9 Å². The lowest BCUT2D eigenvalue weighted by molar-refractivity contribution is -0.117. The highest BCUT2D eigenvalue weighted by atomic mass is 32.1. The standard InChI is InChI=1S/C16H16N2O3S/c1-2-21-13-7-4-3-6-12(13)9-10-15(19)17-18-16(20)14-8-5-11-22-14/h3-11H,2H2,1H3,(H,17,19)(H,18,20)/b10-9+. The fourth-order valence-corrected chi connectivity index (χ4v) is 2.32. The highest BCUT2D eigenvalue weighted by molar-refractivity contribution is 7.12. The molecule has 0 unspecified atom stereocenters. The summed E-state index contributed by atoms with van der Waals surface area (Å²) in [5.41, 5.74) is 5.48. The number of hydrogen-bond acceptors (Lipinski definition) is 4. The van der Waals surface area contributed by atoms with Crippen molar-refractivity contribution >= 4 is 29.2 Å². The first-order valence-corrected chi connectivity index (χ1v) is 7.62. The second kappa shape index (κ2) is 7.99. The summed E-state index contributed by atoms with van der Waals surface area (Å²) >= 11 is 1.30. The molecular formula is C16H16N2O3S. The molecule has 1 heterocycles.